The first-order valence-electron chi connectivity index (χ1n) is 12.0. The highest BCUT2D eigenvalue weighted by Crippen LogP contribution is 2.24. The summed E-state index contributed by atoms with van der Waals surface area (Å²) in [6.45, 7) is 6.16. The molecular weight excluding hydrogens is 456 g/mol. The van der Waals surface area contributed by atoms with Gasteiger partial charge in [0.15, 0.2) is 0 Å². The van der Waals surface area contributed by atoms with Crippen molar-refractivity contribution in [1.29, 1.82) is 0 Å². The van der Waals surface area contributed by atoms with E-state index in [4.69, 9.17) is 9.72 Å². The van der Waals surface area contributed by atoms with E-state index < -0.39 is 10.0 Å². The van der Waals surface area contributed by atoms with Gasteiger partial charge >= 0.3 is 5.97 Å². The molecule has 10 heteroatoms. The molecule has 34 heavy (non-hydrogen) atoms. The van der Waals surface area contributed by atoms with Gasteiger partial charge in [0, 0.05) is 46.6 Å². The monoisotopic (exact) mass is 492 g/mol. The van der Waals surface area contributed by atoms with Crippen LogP contribution in [0.1, 0.15) is 51.8 Å². The average Bonchev–Trinajstić information content (AvgIpc) is 3.17. The number of hydrogen-bond acceptors (Lipinski definition) is 6. The fourth-order valence-electron chi connectivity index (χ4n) is 4.29. The normalized spacial score (nSPS) is 15.3. The van der Waals surface area contributed by atoms with Crippen molar-refractivity contribution in [3.05, 3.63) is 24.0 Å². The molecule has 188 valence electrons. The van der Waals surface area contributed by atoms with Gasteiger partial charge in [-0.25, -0.2) is 17.7 Å². The van der Waals surface area contributed by atoms with Gasteiger partial charge in [-0.2, -0.15) is 0 Å². The van der Waals surface area contributed by atoms with E-state index in [1.807, 2.05) is 4.90 Å². The van der Waals surface area contributed by atoms with Crippen molar-refractivity contribution in [1.82, 2.24) is 18.8 Å². The zero-order chi connectivity index (χ0) is 24.9. The lowest BCUT2D eigenvalue weighted by atomic mass is 9.96. The summed E-state index contributed by atoms with van der Waals surface area (Å²) in [5, 5.41) is 0. The maximum atomic E-state index is 12.9. The highest BCUT2D eigenvalue weighted by atomic mass is 32.2. The number of carbonyl (C=O) groups is 2. The molecule has 1 aliphatic heterocycles. The second-order valence-electron chi connectivity index (χ2n) is 8.88. The van der Waals surface area contributed by atoms with Crippen molar-refractivity contribution in [3.8, 4) is 0 Å². The molecule has 0 bridgehead atoms. The fourth-order valence-corrected chi connectivity index (χ4v) is 5.21. The van der Waals surface area contributed by atoms with Crippen molar-refractivity contribution in [2.24, 2.45) is 5.92 Å². The Kier molecular flexibility index (Phi) is 8.70. The molecule has 0 unspecified atom stereocenters. The standard InChI is InChI=1S/C24H36N4O5S/c1-5-7-14-28-21-9-8-19(34(31,32)26(3)4)17-20(21)25-22(28)10-11-23(29)27-15-12-18(13-16-27)24(30)33-6-2/h8-9,17-18H,5-7,10-16H2,1-4H3. The first-order valence-corrected chi connectivity index (χ1v) is 13.5. The number of fused-ring (bicyclic) bond motifs is 1. The lowest BCUT2D eigenvalue weighted by molar-refractivity contribution is -0.151. The predicted octanol–water partition coefficient (Wildman–Crippen LogP) is 2.82. The Hall–Kier alpha value is -2.46. The second kappa shape index (κ2) is 11.3. The molecule has 0 saturated carbocycles. The maximum absolute atomic E-state index is 12.9. The number of carbonyl (C=O) groups excluding carboxylic acids is 2. The summed E-state index contributed by atoms with van der Waals surface area (Å²) in [4.78, 5) is 31.5. The summed E-state index contributed by atoms with van der Waals surface area (Å²) in [5.74, 6) is 0.537. The van der Waals surface area contributed by atoms with Gasteiger partial charge in [-0.1, -0.05) is 13.3 Å². The van der Waals surface area contributed by atoms with E-state index in [1.165, 1.54) is 18.4 Å². The van der Waals surface area contributed by atoms with Crippen molar-refractivity contribution < 1.29 is 22.7 Å². The molecule has 0 N–H and O–H groups in total. The van der Waals surface area contributed by atoms with Gasteiger partial charge in [-0.05, 0) is 44.4 Å². The molecule has 1 fully saturated rings. The number of nitrogens with zero attached hydrogens (tertiary/aromatic N) is 4. The second-order valence-corrected chi connectivity index (χ2v) is 11.0. The number of hydrogen-bond donors (Lipinski definition) is 0. The number of benzene rings is 1. The Labute approximate surface area is 202 Å². The first-order chi connectivity index (χ1) is 16.2. The number of imidazole rings is 1. The number of amides is 1. The number of likely N-dealkylation sites (tertiary alicyclic amines) is 1. The molecule has 3 rings (SSSR count). The summed E-state index contributed by atoms with van der Waals surface area (Å²) < 4.78 is 33.5. The zero-order valence-corrected chi connectivity index (χ0v) is 21.4. The number of piperidine rings is 1. The number of rotatable bonds is 10. The van der Waals surface area contributed by atoms with Crippen molar-refractivity contribution in [2.45, 2.75) is 63.8 Å². The van der Waals surface area contributed by atoms with Gasteiger partial charge in [-0.3, -0.25) is 9.59 Å². The smallest absolute Gasteiger partial charge is 0.309 e. The molecule has 0 aliphatic carbocycles. The van der Waals surface area contributed by atoms with Gasteiger partial charge in [-0.15, -0.1) is 0 Å². The first kappa shape index (κ1) is 26.2. The van der Waals surface area contributed by atoms with Crippen LogP contribution in [0, 0.1) is 5.92 Å². The van der Waals surface area contributed by atoms with Gasteiger partial charge in [0.2, 0.25) is 15.9 Å². The number of ether oxygens (including phenoxy) is 1. The van der Waals surface area contributed by atoms with Gasteiger partial charge in [0.25, 0.3) is 0 Å². The van der Waals surface area contributed by atoms with Crippen LogP contribution in [0.4, 0.5) is 0 Å². The summed E-state index contributed by atoms with van der Waals surface area (Å²) in [5.41, 5.74) is 1.50. The van der Waals surface area contributed by atoms with E-state index in [2.05, 4.69) is 11.5 Å². The number of sulfonamides is 1. The minimum Gasteiger partial charge on any atom is -0.466 e. The maximum Gasteiger partial charge on any atom is 0.309 e. The van der Waals surface area contributed by atoms with Crippen LogP contribution in [0.3, 0.4) is 0 Å². The molecule has 0 atom stereocenters. The average molecular weight is 493 g/mol. The molecule has 9 nitrogen and oxygen atoms in total. The lowest BCUT2D eigenvalue weighted by Gasteiger charge is -2.31. The predicted molar refractivity (Wildman–Crippen MR) is 130 cm³/mol. The number of unbranched alkanes of at least 4 members (excludes halogenated alkanes) is 1. The Balaban J connectivity index is 1.73. The Morgan fingerprint density at radius 2 is 1.88 bits per heavy atom. The molecule has 1 aliphatic rings. The Morgan fingerprint density at radius 3 is 2.50 bits per heavy atom. The molecule has 0 spiro atoms. The van der Waals surface area contributed by atoms with Crippen LogP contribution >= 0.6 is 0 Å². The third-order valence-corrected chi connectivity index (χ3v) is 8.15. The quantitative estimate of drug-likeness (QED) is 0.473. The van der Waals surface area contributed by atoms with Crippen molar-refractivity contribution >= 4 is 32.9 Å². The Morgan fingerprint density at radius 1 is 1.18 bits per heavy atom. The highest BCUT2D eigenvalue weighted by molar-refractivity contribution is 7.89. The Bertz CT molecular complexity index is 1120. The minimum atomic E-state index is -3.55. The van der Waals surface area contributed by atoms with E-state index >= 15 is 0 Å². The summed E-state index contributed by atoms with van der Waals surface area (Å²) in [7, 11) is -0.541. The highest BCUT2D eigenvalue weighted by Gasteiger charge is 2.28. The number of aromatic nitrogens is 2. The van der Waals surface area contributed by atoms with E-state index in [-0.39, 0.29) is 22.7 Å². The molecule has 1 saturated heterocycles. The summed E-state index contributed by atoms with van der Waals surface area (Å²) in [6.07, 6.45) is 4.03. The van der Waals surface area contributed by atoms with Gasteiger partial charge in [0.1, 0.15) is 5.82 Å². The third kappa shape index (κ3) is 5.78. The summed E-state index contributed by atoms with van der Waals surface area (Å²) in [6, 6.07) is 5.03. The molecule has 2 heterocycles. The largest absolute Gasteiger partial charge is 0.466 e. The van der Waals surface area contributed by atoms with Crippen LogP contribution < -0.4 is 0 Å². The van der Waals surface area contributed by atoms with E-state index in [1.54, 1.807) is 25.1 Å². The van der Waals surface area contributed by atoms with Gasteiger partial charge in [0.05, 0.1) is 28.5 Å². The van der Waals surface area contributed by atoms with Gasteiger partial charge < -0.3 is 14.2 Å². The van der Waals surface area contributed by atoms with E-state index in [0.717, 1.165) is 30.7 Å². The lowest BCUT2D eigenvalue weighted by Crippen LogP contribution is -2.40. The van der Waals surface area contributed by atoms with Crippen molar-refractivity contribution in [2.75, 3.05) is 33.8 Å². The topological polar surface area (TPSA) is 102 Å². The van der Waals surface area contributed by atoms with Crippen LogP contribution in [0.25, 0.3) is 11.0 Å². The number of esters is 1. The molecule has 2 aromatic rings. The fraction of sp³-hybridized carbons (Fsp3) is 0.625. The minimum absolute atomic E-state index is 0.0484. The van der Waals surface area contributed by atoms with E-state index in [0.29, 0.717) is 50.9 Å². The third-order valence-electron chi connectivity index (χ3n) is 6.34. The zero-order valence-electron chi connectivity index (χ0n) is 20.6. The van der Waals surface area contributed by atoms with Crippen LogP contribution in [-0.4, -0.2) is 72.8 Å². The van der Waals surface area contributed by atoms with E-state index in [9.17, 15) is 18.0 Å². The SMILES string of the molecule is CCCCn1c(CCC(=O)N2CCC(C(=O)OCC)CC2)nc2cc(S(=O)(=O)N(C)C)ccc21. The summed E-state index contributed by atoms with van der Waals surface area (Å²) >= 11 is 0. The molecule has 1 aromatic heterocycles. The molecule has 1 aromatic carbocycles. The number of aryl methyl sites for hydroxylation is 2. The molecule has 0 radical (unpaired) electrons. The molecular formula is C24H36N4O5S. The van der Waals surface area contributed by atoms with Crippen LogP contribution in [0.2, 0.25) is 0 Å². The van der Waals surface area contributed by atoms with Crippen LogP contribution in [-0.2, 0) is 37.3 Å². The van der Waals surface area contributed by atoms with Crippen molar-refractivity contribution in [3.63, 3.8) is 0 Å². The molecule has 1 amide bonds. The van der Waals surface area contributed by atoms with Crippen LogP contribution in [0.15, 0.2) is 23.1 Å². The van der Waals surface area contributed by atoms with Crippen LogP contribution in [0.5, 0.6) is 0 Å².